The van der Waals surface area contributed by atoms with Crippen molar-refractivity contribution in [3.63, 3.8) is 0 Å². The Kier molecular flexibility index (Phi) is 6.17. The fraction of sp³-hybridized carbons (Fsp3) is 0.650. The molecular weight excluding hydrogens is 426 g/mol. The Morgan fingerprint density at radius 2 is 1.93 bits per heavy atom. The predicted octanol–water partition coefficient (Wildman–Crippen LogP) is 4.52. The van der Waals surface area contributed by atoms with Gasteiger partial charge in [0.2, 0.25) is 0 Å². The summed E-state index contributed by atoms with van der Waals surface area (Å²) in [5, 5.41) is 12.7. The fourth-order valence-corrected chi connectivity index (χ4v) is 4.23. The topological polar surface area (TPSA) is 91.8 Å². The van der Waals surface area contributed by atoms with Gasteiger partial charge in [-0.3, -0.25) is 0 Å². The number of nitrogens with zero attached hydrogens (tertiary/aromatic N) is 2. The number of hydrogen-bond acceptors (Lipinski definition) is 4. The van der Waals surface area contributed by atoms with Crippen molar-refractivity contribution in [1.29, 1.82) is 0 Å². The molecule has 0 bridgehead atoms. The van der Waals surface area contributed by atoms with E-state index in [4.69, 9.17) is 4.74 Å². The predicted molar refractivity (Wildman–Crippen MR) is 108 cm³/mol. The van der Waals surface area contributed by atoms with E-state index in [-0.39, 0.29) is 24.0 Å². The number of aromatic nitrogens is 1. The summed E-state index contributed by atoms with van der Waals surface area (Å²) in [4.78, 5) is 29.8. The van der Waals surface area contributed by atoms with Gasteiger partial charge in [-0.25, -0.2) is 14.6 Å². The number of carbonyl (C=O) groups excluding carboxylic acids is 1. The molecule has 2 aliphatic rings. The zero-order valence-corrected chi connectivity index (χ0v) is 18.1. The van der Waals surface area contributed by atoms with Crippen molar-refractivity contribution in [2.75, 3.05) is 0 Å². The van der Waals surface area contributed by atoms with E-state index in [2.05, 4.69) is 26.2 Å². The number of carboxylic acid groups (broad SMARTS) is 1. The number of hydrogen-bond donors (Lipinski definition) is 2. The fourth-order valence-electron chi connectivity index (χ4n) is 4.00. The van der Waals surface area contributed by atoms with Crippen LogP contribution in [0.25, 0.3) is 0 Å². The third-order valence-electron chi connectivity index (χ3n) is 5.32. The van der Waals surface area contributed by atoms with Gasteiger partial charge < -0.3 is 20.1 Å². The number of nitrogens with one attached hydrogen (secondary N) is 1. The van der Waals surface area contributed by atoms with E-state index in [1.165, 1.54) is 0 Å². The Morgan fingerprint density at radius 3 is 2.46 bits per heavy atom. The van der Waals surface area contributed by atoms with Gasteiger partial charge >= 0.3 is 12.2 Å². The van der Waals surface area contributed by atoms with Crippen LogP contribution in [-0.4, -0.2) is 50.9 Å². The Hall–Kier alpha value is -1.83. The molecule has 2 atom stereocenters. The number of ether oxygens (including phenoxy) is 1. The van der Waals surface area contributed by atoms with Crippen LogP contribution in [0.3, 0.4) is 0 Å². The number of pyridine rings is 1. The molecule has 2 aliphatic carbocycles. The standard InChI is InChI=1S/C20H28BrN3O4/c1-20(2,3)28-18(25)23-13-5-7-14(8-6-13)24(19(26)27)16-10-15(16)12-4-9-17(21)22-11-12/h4,9,11,13-16H,5-8,10H2,1-3H3,(H,23,25)(H,26,27). The van der Waals surface area contributed by atoms with Gasteiger partial charge in [0.1, 0.15) is 10.2 Å². The second-order valence-corrected chi connectivity index (χ2v) is 9.48. The summed E-state index contributed by atoms with van der Waals surface area (Å²) >= 11 is 3.33. The summed E-state index contributed by atoms with van der Waals surface area (Å²) < 4.78 is 6.09. The van der Waals surface area contributed by atoms with Gasteiger partial charge in [0.15, 0.2) is 0 Å². The van der Waals surface area contributed by atoms with Gasteiger partial charge in [-0.1, -0.05) is 6.07 Å². The second kappa shape index (κ2) is 8.27. The maximum Gasteiger partial charge on any atom is 0.407 e. The third-order valence-corrected chi connectivity index (χ3v) is 5.79. The summed E-state index contributed by atoms with van der Waals surface area (Å²) in [6.45, 7) is 5.50. The van der Waals surface area contributed by atoms with Crippen molar-refractivity contribution in [2.24, 2.45) is 0 Å². The molecule has 2 N–H and O–H groups in total. The van der Waals surface area contributed by atoms with Crippen LogP contribution in [0.1, 0.15) is 64.4 Å². The number of amides is 2. The second-order valence-electron chi connectivity index (χ2n) is 8.67. The summed E-state index contributed by atoms with van der Waals surface area (Å²) in [5.41, 5.74) is 0.560. The number of carbonyl (C=O) groups is 2. The van der Waals surface area contributed by atoms with Crippen molar-refractivity contribution in [3.05, 3.63) is 28.5 Å². The Balaban J connectivity index is 1.54. The Bertz CT molecular complexity index is 711. The molecular formula is C20H28BrN3O4. The molecule has 0 spiro atoms. The van der Waals surface area contributed by atoms with Crippen molar-refractivity contribution in [2.45, 2.75) is 82.5 Å². The highest BCUT2D eigenvalue weighted by Crippen LogP contribution is 2.46. The Labute approximate surface area is 174 Å². The Morgan fingerprint density at radius 1 is 1.25 bits per heavy atom. The molecule has 0 aliphatic heterocycles. The minimum Gasteiger partial charge on any atom is -0.465 e. The van der Waals surface area contributed by atoms with Crippen LogP contribution in [0.2, 0.25) is 0 Å². The molecule has 28 heavy (non-hydrogen) atoms. The lowest BCUT2D eigenvalue weighted by Gasteiger charge is -2.36. The minimum atomic E-state index is -0.860. The van der Waals surface area contributed by atoms with Crippen molar-refractivity contribution < 1.29 is 19.4 Å². The van der Waals surface area contributed by atoms with Crippen LogP contribution in [0.5, 0.6) is 0 Å². The molecule has 0 radical (unpaired) electrons. The number of halogens is 1. The molecule has 2 amide bonds. The monoisotopic (exact) mass is 453 g/mol. The molecule has 1 heterocycles. The molecule has 2 saturated carbocycles. The molecule has 3 rings (SSSR count). The molecule has 0 saturated heterocycles. The van der Waals surface area contributed by atoms with E-state index in [9.17, 15) is 14.7 Å². The first-order valence-electron chi connectivity index (χ1n) is 9.76. The first-order chi connectivity index (χ1) is 13.1. The van der Waals surface area contributed by atoms with Gasteiger partial charge in [-0.2, -0.15) is 0 Å². The molecule has 8 heteroatoms. The van der Waals surface area contributed by atoms with Crippen LogP contribution in [0, 0.1) is 0 Å². The van der Waals surface area contributed by atoms with Crippen molar-refractivity contribution >= 4 is 28.1 Å². The molecule has 7 nitrogen and oxygen atoms in total. The van der Waals surface area contributed by atoms with E-state index in [1.807, 2.05) is 39.1 Å². The highest BCUT2D eigenvalue weighted by molar-refractivity contribution is 9.10. The summed E-state index contributed by atoms with van der Waals surface area (Å²) in [6.07, 6.45) is 4.39. The van der Waals surface area contributed by atoms with E-state index in [0.717, 1.165) is 42.3 Å². The first-order valence-corrected chi connectivity index (χ1v) is 10.6. The maximum atomic E-state index is 11.9. The zero-order valence-electron chi connectivity index (χ0n) is 16.5. The quantitative estimate of drug-likeness (QED) is 0.653. The SMILES string of the molecule is CC(C)(C)OC(=O)NC1CCC(N(C(=O)O)C2CC2c2ccc(Br)nc2)CC1. The highest BCUT2D eigenvalue weighted by atomic mass is 79.9. The smallest absolute Gasteiger partial charge is 0.407 e. The van der Waals surface area contributed by atoms with Crippen molar-refractivity contribution in [3.8, 4) is 0 Å². The lowest BCUT2D eigenvalue weighted by Crippen LogP contribution is -2.47. The molecule has 154 valence electrons. The van der Waals surface area contributed by atoms with Gasteiger partial charge in [0.05, 0.1) is 0 Å². The van der Waals surface area contributed by atoms with E-state index < -0.39 is 17.8 Å². The lowest BCUT2D eigenvalue weighted by molar-refractivity contribution is 0.0471. The van der Waals surface area contributed by atoms with Gasteiger partial charge in [0, 0.05) is 30.2 Å². The summed E-state index contributed by atoms with van der Waals surface area (Å²) in [6, 6.07) is 3.94. The number of rotatable bonds is 4. The third kappa shape index (κ3) is 5.37. The molecule has 1 aromatic rings. The highest BCUT2D eigenvalue weighted by Gasteiger charge is 2.48. The van der Waals surface area contributed by atoms with Crippen LogP contribution in [-0.2, 0) is 4.74 Å². The largest absolute Gasteiger partial charge is 0.465 e. The van der Waals surface area contributed by atoms with E-state index in [1.54, 1.807) is 4.90 Å². The first kappa shape index (κ1) is 20.9. The van der Waals surface area contributed by atoms with Crippen LogP contribution in [0.15, 0.2) is 22.9 Å². The molecule has 1 aromatic heterocycles. The average molecular weight is 454 g/mol. The zero-order chi connectivity index (χ0) is 20.5. The van der Waals surface area contributed by atoms with Gasteiger partial charge in [0.25, 0.3) is 0 Å². The number of alkyl carbamates (subject to hydrolysis) is 1. The minimum absolute atomic E-state index is 0.00686. The van der Waals surface area contributed by atoms with Gasteiger partial charge in [-0.05, 0) is 80.4 Å². The summed E-state index contributed by atoms with van der Waals surface area (Å²) in [7, 11) is 0. The molecule has 0 aromatic carbocycles. The van der Waals surface area contributed by atoms with Crippen LogP contribution >= 0.6 is 15.9 Å². The van der Waals surface area contributed by atoms with Crippen LogP contribution < -0.4 is 5.32 Å². The molecule has 2 unspecified atom stereocenters. The average Bonchev–Trinajstić information content (AvgIpc) is 3.35. The summed E-state index contributed by atoms with van der Waals surface area (Å²) in [5.74, 6) is 0.217. The normalized spacial score (nSPS) is 27.0. The maximum absolute atomic E-state index is 11.9. The van der Waals surface area contributed by atoms with Crippen LogP contribution in [0.4, 0.5) is 9.59 Å². The van der Waals surface area contributed by atoms with E-state index in [0.29, 0.717) is 0 Å². The lowest BCUT2D eigenvalue weighted by atomic mass is 9.90. The molecule has 2 fully saturated rings. The van der Waals surface area contributed by atoms with Crippen molar-refractivity contribution in [1.82, 2.24) is 15.2 Å². The van der Waals surface area contributed by atoms with Gasteiger partial charge in [-0.15, -0.1) is 0 Å². The van der Waals surface area contributed by atoms with E-state index >= 15 is 0 Å².